The Balaban J connectivity index is 1.64. The van der Waals surface area contributed by atoms with E-state index >= 15 is 0 Å². The number of hydrogen-bond acceptors (Lipinski definition) is 4. The minimum atomic E-state index is -0.353. The zero-order chi connectivity index (χ0) is 15.8. The van der Waals surface area contributed by atoms with Crippen LogP contribution >= 0.6 is 0 Å². The van der Waals surface area contributed by atoms with Crippen LogP contribution in [0.1, 0.15) is 25.7 Å². The molecular weight excluding hydrogens is 292 g/mol. The Morgan fingerprint density at radius 1 is 1.17 bits per heavy atom. The fourth-order valence-electron chi connectivity index (χ4n) is 3.95. The smallest absolute Gasteiger partial charge is 0.345 e. The molecule has 3 atom stereocenters. The molecule has 1 N–H and O–H groups in total. The van der Waals surface area contributed by atoms with Crippen LogP contribution in [0.25, 0.3) is 11.3 Å². The van der Waals surface area contributed by atoms with E-state index in [0.29, 0.717) is 11.6 Å². The summed E-state index contributed by atoms with van der Waals surface area (Å²) in [6, 6.07) is 7.48. The number of H-pyrrole nitrogens is 1. The number of ether oxygens (including phenoxy) is 2. The van der Waals surface area contributed by atoms with Gasteiger partial charge in [0.15, 0.2) is 11.5 Å². The van der Waals surface area contributed by atoms with Gasteiger partial charge in [0.25, 0.3) is 0 Å². The fraction of sp³-hybridized carbons (Fsp3) is 0.444. The minimum absolute atomic E-state index is 0.282. The van der Waals surface area contributed by atoms with Crippen molar-refractivity contribution in [3.8, 4) is 22.8 Å². The van der Waals surface area contributed by atoms with E-state index in [1.54, 1.807) is 19.4 Å². The van der Waals surface area contributed by atoms with Gasteiger partial charge in [0.2, 0.25) is 0 Å². The number of nitrogens with zero attached hydrogens (tertiary/aromatic N) is 1. The van der Waals surface area contributed by atoms with Crippen molar-refractivity contribution in [1.29, 1.82) is 0 Å². The number of methoxy groups -OCH3 is 1. The van der Waals surface area contributed by atoms with Crippen LogP contribution in [0.4, 0.5) is 0 Å². The number of hydrogen-bond donors (Lipinski definition) is 1. The van der Waals surface area contributed by atoms with Gasteiger partial charge in [-0.25, -0.2) is 4.79 Å². The van der Waals surface area contributed by atoms with E-state index in [1.165, 1.54) is 19.3 Å². The van der Waals surface area contributed by atoms with Crippen molar-refractivity contribution in [2.75, 3.05) is 7.11 Å². The molecule has 0 saturated heterocycles. The van der Waals surface area contributed by atoms with Gasteiger partial charge < -0.3 is 14.5 Å². The van der Waals surface area contributed by atoms with Crippen molar-refractivity contribution in [3.05, 3.63) is 40.9 Å². The van der Waals surface area contributed by atoms with Crippen LogP contribution in [0.5, 0.6) is 11.5 Å². The summed E-state index contributed by atoms with van der Waals surface area (Å²) >= 11 is 0. The van der Waals surface area contributed by atoms with Crippen LogP contribution < -0.4 is 15.2 Å². The Morgan fingerprint density at radius 3 is 2.78 bits per heavy atom. The molecule has 3 unspecified atom stereocenters. The number of rotatable bonds is 4. The second-order valence-corrected chi connectivity index (χ2v) is 6.48. The maximum absolute atomic E-state index is 11.4. The van der Waals surface area contributed by atoms with E-state index in [-0.39, 0.29) is 11.8 Å². The summed E-state index contributed by atoms with van der Waals surface area (Å²) in [5, 5.41) is 0. The standard InChI is InChI=1S/C18H20N2O3/c1-22-15-5-4-12(14-6-7-19-18(21)20-14)10-17(15)23-16-9-11-2-3-13(16)8-11/h4-7,10-11,13,16H,2-3,8-9H2,1H3,(H,19,20,21). The topological polar surface area (TPSA) is 64.2 Å². The minimum Gasteiger partial charge on any atom is -0.493 e. The van der Waals surface area contributed by atoms with Gasteiger partial charge in [-0.1, -0.05) is 0 Å². The summed E-state index contributed by atoms with van der Waals surface area (Å²) in [6.07, 6.45) is 6.94. The molecule has 0 amide bonds. The first-order valence-electron chi connectivity index (χ1n) is 8.14. The first-order chi connectivity index (χ1) is 11.2. The summed E-state index contributed by atoms with van der Waals surface area (Å²) in [4.78, 5) is 17.9. The maximum Gasteiger partial charge on any atom is 0.345 e. The third kappa shape index (κ3) is 2.71. The van der Waals surface area contributed by atoms with Gasteiger partial charge >= 0.3 is 5.69 Å². The van der Waals surface area contributed by atoms with E-state index in [9.17, 15) is 4.79 Å². The number of benzene rings is 1. The van der Waals surface area contributed by atoms with Crippen LogP contribution in [0, 0.1) is 11.8 Å². The van der Waals surface area contributed by atoms with Crippen LogP contribution in [-0.2, 0) is 0 Å². The van der Waals surface area contributed by atoms with Crippen LogP contribution in [-0.4, -0.2) is 23.2 Å². The third-order valence-electron chi connectivity index (χ3n) is 5.08. The van der Waals surface area contributed by atoms with Gasteiger partial charge in [-0.05, 0) is 61.8 Å². The molecule has 2 fully saturated rings. The maximum atomic E-state index is 11.4. The number of aromatic nitrogens is 2. The highest BCUT2D eigenvalue weighted by atomic mass is 16.5. The van der Waals surface area contributed by atoms with Crippen LogP contribution in [0.3, 0.4) is 0 Å². The quantitative estimate of drug-likeness (QED) is 0.942. The zero-order valence-electron chi connectivity index (χ0n) is 13.1. The Bertz CT molecular complexity index is 771. The van der Waals surface area contributed by atoms with Gasteiger partial charge in [-0.3, -0.25) is 0 Å². The summed E-state index contributed by atoms with van der Waals surface area (Å²) in [5.74, 6) is 2.96. The molecule has 2 bridgehead atoms. The van der Waals surface area contributed by atoms with Gasteiger partial charge in [-0.2, -0.15) is 4.98 Å². The van der Waals surface area contributed by atoms with E-state index in [4.69, 9.17) is 9.47 Å². The normalized spacial score (nSPS) is 25.5. The lowest BCUT2D eigenvalue weighted by Gasteiger charge is -2.24. The first kappa shape index (κ1) is 14.3. The van der Waals surface area contributed by atoms with Gasteiger partial charge in [0.1, 0.15) is 6.10 Å². The Labute approximate surface area is 134 Å². The average Bonchev–Trinajstić information content (AvgIpc) is 3.17. The molecule has 5 heteroatoms. The summed E-state index contributed by atoms with van der Waals surface area (Å²) in [7, 11) is 1.65. The van der Waals surface area contributed by atoms with Gasteiger partial charge in [0, 0.05) is 11.8 Å². The predicted octanol–water partition coefficient (Wildman–Crippen LogP) is 3.01. The summed E-state index contributed by atoms with van der Waals surface area (Å²) < 4.78 is 11.7. The highest BCUT2D eigenvalue weighted by Gasteiger charge is 2.41. The summed E-state index contributed by atoms with van der Waals surface area (Å²) in [5.41, 5.74) is 1.14. The SMILES string of the molecule is COc1ccc(-c2cc[nH]c(=O)n2)cc1OC1CC2CCC1C2. The number of aromatic amines is 1. The molecule has 2 saturated carbocycles. The molecule has 2 aromatic rings. The number of fused-ring (bicyclic) bond motifs is 2. The highest BCUT2D eigenvalue weighted by Crippen LogP contribution is 2.47. The lowest BCUT2D eigenvalue weighted by molar-refractivity contribution is 0.133. The van der Waals surface area contributed by atoms with Crippen LogP contribution in [0.2, 0.25) is 0 Å². The molecular formula is C18H20N2O3. The lowest BCUT2D eigenvalue weighted by atomic mass is 9.97. The molecule has 0 spiro atoms. The van der Waals surface area contributed by atoms with Gasteiger partial charge in [-0.15, -0.1) is 0 Å². The molecule has 1 heterocycles. The van der Waals surface area contributed by atoms with Crippen molar-refractivity contribution in [2.24, 2.45) is 11.8 Å². The Morgan fingerprint density at radius 2 is 2.09 bits per heavy atom. The van der Waals surface area contributed by atoms with Crippen LogP contribution in [0.15, 0.2) is 35.3 Å². The zero-order valence-corrected chi connectivity index (χ0v) is 13.1. The second kappa shape index (κ2) is 5.72. The molecule has 2 aliphatic rings. The summed E-state index contributed by atoms with van der Waals surface area (Å²) in [6.45, 7) is 0. The highest BCUT2D eigenvalue weighted by molar-refractivity contribution is 5.63. The molecule has 23 heavy (non-hydrogen) atoms. The largest absolute Gasteiger partial charge is 0.493 e. The molecule has 4 rings (SSSR count). The van der Waals surface area contributed by atoms with Gasteiger partial charge in [0.05, 0.1) is 12.8 Å². The van der Waals surface area contributed by atoms with E-state index < -0.39 is 0 Å². The van der Waals surface area contributed by atoms with E-state index in [2.05, 4.69) is 9.97 Å². The predicted molar refractivity (Wildman–Crippen MR) is 86.7 cm³/mol. The molecule has 5 nitrogen and oxygen atoms in total. The second-order valence-electron chi connectivity index (χ2n) is 6.48. The molecule has 0 aliphatic heterocycles. The number of nitrogens with one attached hydrogen (secondary N) is 1. The Hall–Kier alpha value is -2.30. The monoisotopic (exact) mass is 312 g/mol. The average molecular weight is 312 g/mol. The first-order valence-corrected chi connectivity index (χ1v) is 8.14. The van der Waals surface area contributed by atoms with Crippen molar-refractivity contribution < 1.29 is 9.47 Å². The van der Waals surface area contributed by atoms with Crippen molar-refractivity contribution in [3.63, 3.8) is 0 Å². The Kier molecular flexibility index (Phi) is 3.56. The fourth-order valence-corrected chi connectivity index (χ4v) is 3.95. The van der Waals surface area contributed by atoms with Crippen molar-refractivity contribution >= 4 is 0 Å². The molecule has 1 aromatic heterocycles. The lowest BCUT2D eigenvalue weighted by Crippen LogP contribution is -2.23. The molecule has 0 radical (unpaired) electrons. The van der Waals surface area contributed by atoms with Crippen molar-refractivity contribution in [1.82, 2.24) is 9.97 Å². The van der Waals surface area contributed by atoms with Crippen molar-refractivity contribution in [2.45, 2.75) is 31.8 Å². The molecule has 2 aliphatic carbocycles. The third-order valence-corrected chi connectivity index (χ3v) is 5.08. The molecule has 120 valence electrons. The van der Waals surface area contributed by atoms with E-state index in [0.717, 1.165) is 29.4 Å². The van der Waals surface area contributed by atoms with E-state index in [1.807, 2.05) is 18.2 Å². The molecule has 1 aromatic carbocycles.